The highest BCUT2D eigenvalue weighted by Crippen LogP contribution is 2.31. The number of benzene rings is 1. The van der Waals surface area contributed by atoms with Gasteiger partial charge in [0, 0.05) is 25.2 Å². The van der Waals surface area contributed by atoms with Gasteiger partial charge >= 0.3 is 0 Å². The first-order valence-electron chi connectivity index (χ1n) is 6.57. The van der Waals surface area contributed by atoms with Gasteiger partial charge in [0.2, 0.25) is 0 Å². The highest BCUT2D eigenvalue weighted by molar-refractivity contribution is 5.53. The Balaban J connectivity index is 1.81. The number of nitrogens with zero attached hydrogens (tertiary/aromatic N) is 2. The quantitative estimate of drug-likeness (QED) is 0.655. The highest BCUT2D eigenvalue weighted by Gasteiger charge is 2.35. The van der Waals surface area contributed by atoms with Crippen molar-refractivity contribution in [3.8, 4) is 0 Å². The molecule has 2 fully saturated rings. The molecule has 0 bridgehead atoms. The summed E-state index contributed by atoms with van der Waals surface area (Å²) in [5.41, 5.74) is 0.276. The molecule has 19 heavy (non-hydrogen) atoms. The van der Waals surface area contributed by atoms with Crippen LogP contribution >= 0.6 is 0 Å². The minimum atomic E-state index is -0.571. The summed E-state index contributed by atoms with van der Waals surface area (Å²) in [4.78, 5) is 12.0. The third-order valence-corrected chi connectivity index (χ3v) is 4.08. The Morgan fingerprint density at radius 2 is 2.26 bits per heavy atom. The Bertz CT molecular complexity index is 495. The number of nitro groups is 1. The third kappa shape index (κ3) is 2.28. The first kappa shape index (κ1) is 12.3. The average molecular weight is 265 g/mol. The number of anilines is 1. The molecule has 2 aliphatic heterocycles. The zero-order chi connectivity index (χ0) is 13.4. The van der Waals surface area contributed by atoms with Crippen molar-refractivity contribution >= 4 is 11.4 Å². The Labute approximate surface area is 110 Å². The molecule has 0 radical (unpaired) electrons. The maximum atomic E-state index is 14.0. The van der Waals surface area contributed by atoms with E-state index in [1.54, 1.807) is 0 Å². The number of nitrogens with one attached hydrogen (secondary N) is 1. The van der Waals surface area contributed by atoms with Crippen LogP contribution in [0.3, 0.4) is 0 Å². The van der Waals surface area contributed by atoms with Crippen LogP contribution in [-0.2, 0) is 0 Å². The molecule has 102 valence electrons. The molecule has 0 unspecified atom stereocenters. The molecular weight excluding hydrogens is 249 g/mol. The number of hydrogen-bond donors (Lipinski definition) is 1. The van der Waals surface area contributed by atoms with Crippen LogP contribution in [-0.4, -0.2) is 30.6 Å². The summed E-state index contributed by atoms with van der Waals surface area (Å²) in [6.45, 7) is 2.63. The molecular formula is C13H16FN3O2. The zero-order valence-corrected chi connectivity index (χ0v) is 10.5. The topological polar surface area (TPSA) is 58.4 Å². The number of hydrogen-bond acceptors (Lipinski definition) is 4. The Kier molecular flexibility index (Phi) is 3.10. The summed E-state index contributed by atoms with van der Waals surface area (Å²) in [6.07, 6.45) is 2.33. The van der Waals surface area contributed by atoms with Crippen LogP contribution < -0.4 is 10.2 Å². The molecule has 0 aromatic heterocycles. The lowest BCUT2D eigenvalue weighted by atomic mass is 9.94. The van der Waals surface area contributed by atoms with Gasteiger partial charge in [-0.25, -0.2) is 4.39 Å². The monoisotopic (exact) mass is 265 g/mol. The van der Waals surface area contributed by atoms with Gasteiger partial charge in [-0.15, -0.1) is 0 Å². The van der Waals surface area contributed by atoms with Crippen molar-refractivity contribution in [2.45, 2.75) is 18.9 Å². The van der Waals surface area contributed by atoms with Crippen LogP contribution in [0.1, 0.15) is 12.8 Å². The van der Waals surface area contributed by atoms with E-state index in [1.807, 2.05) is 4.90 Å². The van der Waals surface area contributed by atoms with Crippen molar-refractivity contribution < 1.29 is 9.31 Å². The predicted octanol–water partition coefficient (Wildman–Crippen LogP) is 1.92. The first-order valence-corrected chi connectivity index (χ1v) is 6.57. The number of non-ortho nitro benzene ring substituents is 1. The molecule has 0 saturated carbocycles. The van der Waals surface area contributed by atoms with Crippen molar-refractivity contribution in [3.63, 3.8) is 0 Å². The van der Waals surface area contributed by atoms with E-state index < -0.39 is 10.7 Å². The van der Waals surface area contributed by atoms with E-state index in [1.165, 1.54) is 18.6 Å². The van der Waals surface area contributed by atoms with Crippen LogP contribution in [0, 0.1) is 21.8 Å². The van der Waals surface area contributed by atoms with Crippen molar-refractivity contribution in [3.05, 3.63) is 34.1 Å². The lowest BCUT2D eigenvalue weighted by Gasteiger charge is -2.24. The maximum Gasteiger partial charge on any atom is 0.272 e. The minimum Gasteiger partial charge on any atom is -0.367 e. The van der Waals surface area contributed by atoms with Gasteiger partial charge in [0.1, 0.15) is 0 Å². The van der Waals surface area contributed by atoms with Gasteiger partial charge in [-0.3, -0.25) is 10.1 Å². The molecule has 2 heterocycles. The van der Waals surface area contributed by atoms with E-state index in [9.17, 15) is 14.5 Å². The lowest BCUT2D eigenvalue weighted by molar-refractivity contribution is -0.385. The van der Waals surface area contributed by atoms with E-state index in [4.69, 9.17) is 0 Å². The van der Waals surface area contributed by atoms with Crippen LogP contribution in [0.2, 0.25) is 0 Å². The van der Waals surface area contributed by atoms with E-state index >= 15 is 0 Å². The van der Waals surface area contributed by atoms with Crippen molar-refractivity contribution in [1.29, 1.82) is 0 Å². The molecule has 0 aliphatic carbocycles. The van der Waals surface area contributed by atoms with Crippen molar-refractivity contribution in [1.82, 2.24) is 5.32 Å². The van der Waals surface area contributed by atoms with Gasteiger partial charge in [-0.2, -0.15) is 0 Å². The molecule has 1 aromatic rings. The molecule has 6 heteroatoms. The summed E-state index contributed by atoms with van der Waals surface area (Å²) in [6, 6.07) is 4.31. The number of piperidine rings is 1. The molecule has 5 nitrogen and oxygen atoms in total. The summed E-state index contributed by atoms with van der Waals surface area (Å²) in [5.74, 6) is 0.0520. The molecule has 1 N–H and O–H groups in total. The van der Waals surface area contributed by atoms with Gasteiger partial charge in [0.05, 0.1) is 16.7 Å². The van der Waals surface area contributed by atoms with Crippen molar-refractivity contribution in [2.75, 3.05) is 24.5 Å². The average Bonchev–Trinajstić information content (AvgIpc) is 2.81. The SMILES string of the molecule is O=[N+]([O-])c1ccc(N2C[C@H]3CCCN[C@H]3C2)c(F)c1. The second-order valence-electron chi connectivity index (χ2n) is 5.26. The second-order valence-corrected chi connectivity index (χ2v) is 5.26. The molecule has 0 spiro atoms. The highest BCUT2D eigenvalue weighted by atomic mass is 19.1. The predicted molar refractivity (Wildman–Crippen MR) is 69.8 cm³/mol. The summed E-state index contributed by atoms with van der Waals surface area (Å²) in [5, 5.41) is 14.1. The summed E-state index contributed by atoms with van der Waals surface area (Å²) >= 11 is 0. The minimum absolute atomic E-state index is 0.198. The molecule has 2 saturated heterocycles. The Morgan fingerprint density at radius 3 is 2.95 bits per heavy atom. The van der Waals surface area contributed by atoms with E-state index in [2.05, 4.69) is 5.32 Å². The number of nitro benzene ring substituents is 1. The Hall–Kier alpha value is -1.69. The fourth-order valence-corrected chi connectivity index (χ4v) is 3.11. The Morgan fingerprint density at radius 1 is 1.42 bits per heavy atom. The van der Waals surface area contributed by atoms with Crippen molar-refractivity contribution in [2.24, 2.45) is 5.92 Å². The molecule has 3 rings (SSSR count). The normalized spacial score (nSPS) is 26.3. The van der Waals surface area contributed by atoms with Gasteiger partial charge in [-0.1, -0.05) is 0 Å². The number of rotatable bonds is 2. The summed E-state index contributed by atoms with van der Waals surface area (Å²) in [7, 11) is 0. The van der Waals surface area contributed by atoms with Gasteiger partial charge in [0.15, 0.2) is 5.82 Å². The number of fused-ring (bicyclic) bond motifs is 1. The van der Waals surface area contributed by atoms with E-state index in [0.29, 0.717) is 17.6 Å². The molecule has 0 amide bonds. The zero-order valence-electron chi connectivity index (χ0n) is 10.5. The molecule has 2 atom stereocenters. The lowest BCUT2D eigenvalue weighted by Crippen LogP contribution is -2.40. The fraction of sp³-hybridized carbons (Fsp3) is 0.538. The van der Waals surface area contributed by atoms with Crippen LogP contribution in [0.15, 0.2) is 18.2 Å². The van der Waals surface area contributed by atoms with Crippen LogP contribution in [0.5, 0.6) is 0 Å². The van der Waals surface area contributed by atoms with Gasteiger partial charge in [-0.05, 0) is 31.4 Å². The molecule has 2 aliphatic rings. The third-order valence-electron chi connectivity index (χ3n) is 4.08. The van der Waals surface area contributed by atoms with Crippen LogP contribution in [0.25, 0.3) is 0 Å². The van der Waals surface area contributed by atoms with Gasteiger partial charge in [0.25, 0.3) is 5.69 Å². The van der Waals surface area contributed by atoms with Crippen LogP contribution in [0.4, 0.5) is 15.8 Å². The molecule has 1 aromatic carbocycles. The smallest absolute Gasteiger partial charge is 0.272 e. The van der Waals surface area contributed by atoms with E-state index in [-0.39, 0.29) is 5.69 Å². The van der Waals surface area contributed by atoms with Gasteiger partial charge < -0.3 is 10.2 Å². The standard InChI is InChI=1S/C13H16FN3O2/c14-11-6-10(17(18)19)3-4-13(11)16-7-9-2-1-5-15-12(9)8-16/h3-4,6,9,12,15H,1-2,5,7-8H2/t9-,12+/m1/s1. The summed E-state index contributed by atoms with van der Waals surface area (Å²) < 4.78 is 14.0. The maximum absolute atomic E-state index is 14.0. The second kappa shape index (κ2) is 4.77. The number of halogens is 1. The van der Waals surface area contributed by atoms with E-state index in [0.717, 1.165) is 32.1 Å². The largest absolute Gasteiger partial charge is 0.367 e. The first-order chi connectivity index (χ1) is 9.15. The fourth-order valence-electron chi connectivity index (χ4n) is 3.11.